The van der Waals surface area contributed by atoms with Crippen LogP contribution < -0.4 is 10.1 Å². The first-order chi connectivity index (χ1) is 18.0. The van der Waals surface area contributed by atoms with E-state index < -0.39 is 5.97 Å². The Kier molecular flexibility index (Phi) is 7.21. The second kappa shape index (κ2) is 10.9. The second-order valence-corrected chi connectivity index (χ2v) is 9.33. The lowest BCUT2D eigenvalue weighted by molar-refractivity contribution is -0.136. The molecule has 0 aromatic heterocycles. The number of nitrogens with zero attached hydrogens (tertiary/aromatic N) is 1. The number of rotatable bonds is 7. The molecule has 3 aromatic rings. The number of hydrogen-bond donors (Lipinski definition) is 1. The molecule has 3 aromatic carbocycles. The van der Waals surface area contributed by atoms with Crippen molar-refractivity contribution in [2.24, 2.45) is 0 Å². The van der Waals surface area contributed by atoms with Crippen LogP contribution >= 0.6 is 0 Å². The molecule has 7 heteroatoms. The molecule has 2 bridgehead atoms. The maximum Gasteiger partial charge on any atom is 0.336 e. The molecule has 37 heavy (non-hydrogen) atoms. The zero-order valence-electron chi connectivity index (χ0n) is 20.7. The van der Waals surface area contributed by atoms with Crippen molar-refractivity contribution < 1.29 is 23.5 Å². The molecule has 2 aliphatic rings. The van der Waals surface area contributed by atoms with Gasteiger partial charge in [-0.2, -0.15) is 0 Å². The summed E-state index contributed by atoms with van der Waals surface area (Å²) in [5, 5.41) is 2.89. The minimum Gasteiger partial charge on any atom is -0.489 e. The van der Waals surface area contributed by atoms with E-state index in [0.29, 0.717) is 30.6 Å². The second-order valence-electron chi connectivity index (χ2n) is 9.33. The van der Waals surface area contributed by atoms with Crippen LogP contribution in [0.1, 0.15) is 36.0 Å². The number of carbonyl (C=O) groups is 2. The predicted octanol–water partition coefficient (Wildman–Crippen LogP) is 5.48. The molecule has 5 rings (SSSR count). The summed E-state index contributed by atoms with van der Waals surface area (Å²) in [5.74, 6) is -0.0283. The van der Waals surface area contributed by atoms with Gasteiger partial charge in [-0.15, -0.1) is 0 Å². The van der Waals surface area contributed by atoms with Crippen molar-refractivity contribution >= 4 is 17.6 Å². The van der Waals surface area contributed by atoms with Gasteiger partial charge in [-0.25, -0.2) is 14.0 Å². The highest BCUT2D eigenvalue weighted by atomic mass is 19.1. The predicted molar refractivity (Wildman–Crippen MR) is 138 cm³/mol. The smallest absolute Gasteiger partial charge is 0.336 e. The van der Waals surface area contributed by atoms with Crippen LogP contribution in [0.25, 0.3) is 5.57 Å². The van der Waals surface area contributed by atoms with E-state index in [9.17, 15) is 14.0 Å². The van der Waals surface area contributed by atoms with Crippen molar-refractivity contribution in [1.29, 1.82) is 0 Å². The van der Waals surface area contributed by atoms with E-state index in [-0.39, 0.29) is 30.5 Å². The number of fused-ring (bicyclic) bond motifs is 2. The van der Waals surface area contributed by atoms with Crippen molar-refractivity contribution in [3.63, 3.8) is 0 Å². The maximum atomic E-state index is 13.5. The first kappa shape index (κ1) is 24.6. The Labute approximate surface area is 215 Å². The van der Waals surface area contributed by atoms with E-state index >= 15 is 0 Å². The van der Waals surface area contributed by atoms with Crippen LogP contribution in [0.4, 0.5) is 9.18 Å². The van der Waals surface area contributed by atoms with Crippen LogP contribution in [0.15, 0.2) is 84.4 Å². The molecule has 1 fully saturated rings. The van der Waals surface area contributed by atoms with Crippen LogP contribution in [0.2, 0.25) is 0 Å². The van der Waals surface area contributed by atoms with Gasteiger partial charge in [-0.3, -0.25) is 0 Å². The van der Waals surface area contributed by atoms with Crippen molar-refractivity contribution in [2.75, 3.05) is 7.11 Å². The molecular weight excluding hydrogens is 471 g/mol. The summed E-state index contributed by atoms with van der Waals surface area (Å²) in [4.78, 5) is 27.9. The highest BCUT2D eigenvalue weighted by Crippen LogP contribution is 2.43. The molecule has 190 valence electrons. The van der Waals surface area contributed by atoms with E-state index in [1.807, 2.05) is 54.6 Å². The van der Waals surface area contributed by atoms with Gasteiger partial charge in [0.15, 0.2) is 0 Å². The fourth-order valence-electron chi connectivity index (χ4n) is 5.27. The number of urea groups is 1. The van der Waals surface area contributed by atoms with Crippen LogP contribution in [0.5, 0.6) is 5.75 Å². The number of halogens is 1. The topological polar surface area (TPSA) is 67.9 Å². The van der Waals surface area contributed by atoms with E-state index in [4.69, 9.17) is 9.47 Å². The monoisotopic (exact) mass is 500 g/mol. The molecule has 1 saturated heterocycles. The van der Waals surface area contributed by atoms with Gasteiger partial charge >= 0.3 is 12.0 Å². The SMILES string of the molecule is COC(=O)C1=C(c2ccc(OCc3ccccc3)cc2)C[C@@H]2CC[C@H]1N2C(=O)NCc1cccc(F)c1. The normalized spacial score (nSPS) is 18.5. The first-order valence-corrected chi connectivity index (χ1v) is 12.4. The highest BCUT2D eigenvalue weighted by Gasteiger charge is 2.46. The number of ether oxygens (including phenoxy) is 2. The van der Waals surface area contributed by atoms with Crippen LogP contribution in [-0.2, 0) is 22.7 Å². The molecule has 0 unspecified atom stereocenters. The number of carbonyl (C=O) groups excluding carboxylic acids is 2. The summed E-state index contributed by atoms with van der Waals surface area (Å²) < 4.78 is 24.6. The summed E-state index contributed by atoms with van der Waals surface area (Å²) in [6, 6.07) is 23.1. The number of nitrogens with one attached hydrogen (secondary N) is 1. The average Bonchev–Trinajstić information content (AvgIpc) is 3.24. The van der Waals surface area contributed by atoms with Gasteiger partial charge in [0.1, 0.15) is 18.2 Å². The van der Waals surface area contributed by atoms with Gasteiger partial charge in [0.25, 0.3) is 0 Å². The van der Waals surface area contributed by atoms with Gasteiger partial charge in [-0.1, -0.05) is 54.6 Å². The summed E-state index contributed by atoms with van der Waals surface area (Å²) in [5.41, 5.74) is 4.11. The number of hydrogen-bond acceptors (Lipinski definition) is 4. The van der Waals surface area contributed by atoms with Crippen LogP contribution in [0.3, 0.4) is 0 Å². The van der Waals surface area contributed by atoms with Crippen molar-refractivity contribution in [2.45, 2.75) is 44.5 Å². The maximum absolute atomic E-state index is 13.5. The summed E-state index contributed by atoms with van der Waals surface area (Å²) in [6.07, 6.45) is 2.03. The molecule has 6 nitrogen and oxygen atoms in total. The van der Waals surface area contributed by atoms with Gasteiger partial charge < -0.3 is 19.7 Å². The third kappa shape index (κ3) is 5.35. The van der Waals surface area contributed by atoms with Crippen LogP contribution in [-0.4, -0.2) is 36.1 Å². The molecule has 2 amide bonds. The standard InChI is InChI=1S/C30H29FN2O4/c1-36-29(34)28-26(22-10-13-25(14-11-22)37-19-20-6-3-2-4-7-20)17-24-12-15-27(28)33(24)30(35)32-18-21-8-5-9-23(31)16-21/h2-11,13-14,16,24,27H,12,15,17-19H2,1H3,(H,32,35)/t24-,27+/m0/s1. The molecule has 0 spiro atoms. The first-order valence-electron chi connectivity index (χ1n) is 12.4. The Balaban J connectivity index is 1.34. The molecule has 2 atom stereocenters. The molecule has 2 heterocycles. The number of methoxy groups -OCH3 is 1. The minimum atomic E-state index is -0.423. The van der Waals surface area contributed by atoms with E-state index in [2.05, 4.69) is 5.32 Å². The third-order valence-electron chi connectivity index (χ3n) is 7.02. The lowest BCUT2D eigenvalue weighted by Crippen LogP contribution is -2.50. The van der Waals surface area contributed by atoms with Crippen molar-refractivity contribution in [1.82, 2.24) is 10.2 Å². The van der Waals surface area contributed by atoms with Gasteiger partial charge in [0.2, 0.25) is 0 Å². The molecule has 2 aliphatic heterocycles. The zero-order valence-corrected chi connectivity index (χ0v) is 20.7. The van der Waals surface area contributed by atoms with E-state index in [1.165, 1.54) is 19.2 Å². The van der Waals surface area contributed by atoms with Crippen molar-refractivity contribution in [3.8, 4) is 5.75 Å². The fourth-order valence-corrected chi connectivity index (χ4v) is 5.27. The highest BCUT2D eigenvalue weighted by molar-refractivity contribution is 6.01. The minimum absolute atomic E-state index is 0.0325. The number of esters is 1. The van der Waals surface area contributed by atoms with Gasteiger partial charge in [0, 0.05) is 12.6 Å². The van der Waals surface area contributed by atoms with E-state index in [1.54, 1.807) is 17.0 Å². The van der Waals surface area contributed by atoms with Crippen LogP contribution in [0, 0.1) is 5.82 Å². The zero-order chi connectivity index (χ0) is 25.8. The molecule has 1 N–H and O–H groups in total. The summed E-state index contributed by atoms with van der Waals surface area (Å²) in [6.45, 7) is 0.682. The Hall–Kier alpha value is -4.13. The average molecular weight is 501 g/mol. The fraction of sp³-hybridized carbons (Fsp3) is 0.267. The number of benzene rings is 3. The quantitative estimate of drug-likeness (QED) is 0.437. The van der Waals surface area contributed by atoms with Gasteiger partial charge in [0.05, 0.1) is 18.7 Å². The van der Waals surface area contributed by atoms with Crippen molar-refractivity contribution in [3.05, 3.63) is 107 Å². The third-order valence-corrected chi connectivity index (χ3v) is 7.02. The molecule has 0 aliphatic carbocycles. The molecular formula is C30H29FN2O4. The number of amides is 2. The Morgan fingerprint density at radius 1 is 0.973 bits per heavy atom. The largest absolute Gasteiger partial charge is 0.489 e. The summed E-state index contributed by atoms with van der Waals surface area (Å²) >= 11 is 0. The Bertz CT molecular complexity index is 1310. The van der Waals surface area contributed by atoms with E-state index in [0.717, 1.165) is 28.9 Å². The molecule has 0 saturated carbocycles. The molecule has 0 radical (unpaired) electrons. The Morgan fingerprint density at radius 3 is 2.46 bits per heavy atom. The Morgan fingerprint density at radius 2 is 1.73 bits per heavy atom. The lowest BCUT2D eigenvalue weighted by Gasteiger charge is -2.37. The summed E-state index contributed by atoms with van der Waals surface area (Å²) in [7, 11) is 1.36. The lowest BCUT2D eigenvalue weighted by atomic mass is 9.88. The van der Waals surface area contributed by atoms with Gasteiger partial charge in [-0.05, 0) is 65.8 Å².